The Morgan fingerprint density at radius 3 is 2.82 bits per heavy atom. The molecule has 1 aromatic carbocycles. The molecule has 3 amide bonds. The molecule has 1 atom stereocenters. The number of nitrogens with one attached hydrogen (secondary N) is 2. The maximum Gasteiger partial charge on any atom is 0.320 e. The van der Waals surface area contributed by atoms with Crippen molar-refractivity contribution in [2.75, 3.05) is 29.9 Å². The number of hydrogen-bond donors (Lipinski definition) is 2. The Labute approximate surface area is 165 Å². The molecule has 0 radical (unpaired) electrons. The lowest BCUT2D eigenvalue weighted by atomic mass is 9.99. The van der Waals surface area contributed by atoms with Gasteiger partial charge in [-0.25, -0.2) is 9.78 Å². The highest BCUT2D eigenvalue weighted by Crippen LogP contribution is 2.32. The summed E-state index contributed by atoms with van der Waals surface area (Å²) < 4.78 is 5.39. The average molecular weight is 382 g/mol. The molecule has 0 saturated carbocycles. The van der Waals surface area contributed by atoms with Crippen molar-refractivity contribution in [3.05, 3.63) is 54.2 Å². The lowest BCUT2D eigenvalue weighted by Gasteiger charge is -2.18. The van der Waals surface area contributed by atoms with E-state index >= 15 is 0 Å². The molecule has 1 fully saturated rings. The van der Waals surface area contributed by atoms with Gasteiger partial charge in [0.15, 0.2) is 0 Å². The zero-order chi connectivity index (χ0) is 19.9. The van der Waals surface area contributed by atoms with E-state index in [1.165, 1.54) is 0 Å². The van der Waals surface area contributed by atoms with Gasteiger partial charge in [0.25, 0.3) is 0 Å². The Balaban J connectivity index is 1.58. The van der Waals surface area contributed by atoms with Crippen molar-refractivity contribution in [3.63, 3.8) is 0 Å². The van der Waals surface area contributed by atoms with Gasteiger partial charge in [0.05, 0.1) is 12.7 Å². The van der Waals surface area contributed by atoms with Gasteiger partial charge in [-0.2, -0.15) is 0 Å². The molecule has 0 bridgehead atoms. The fraction of sp³-hybridized carbons (Fsp3) is 0.381. The smallest absolute Gasteiger partial charge is 0.320 e. The average Bonchev–Trinajstić information content (AvgIpc) is 3.08. The minimum absolute atomic E-state index is 0.0706. The molecule has 2 aromatic rings. The highest BCUT2D eigenvalue weighted by molar-refractivity contribution is 5.97. The first kappa shape index (κ1) is 19.8. The van der Waals surface area contributed by atoms with Crippen LogP contribution in [0.3, 0.4) is 0 Å². The van der Waals surface area contributed by atoms with E-state index < -0.39 is 0 Å². The first-order valence-electron chi connectivity index (χ1n) is 9.50. The predicted molar refractivity (Wildman–Crippen MR) is 108 cm³/mol. The molecule has 1 aromatic heterocycles. The molecule has 7 nitrogen and oxygen atoms in total. The van der Waals surface area contributed by atoms with Crippen LogP contribution in [0.15, 0.2) is 48.7 Å². The van der Waals surface area contributed by atoms with Gasteiger partial charge in [-0.3, -0.25) is 10.1 Å². The van der Waals surface area contributed by atoms with Gasteiger partial charge in [0.1, 0.15) is 5.82 Å². The second-order valence-electron chi connectivity index (χ2n) is 7.02. The van der Waals surface area contributed by atoms with Crippen molar-refractivity contribution >= 4 is 23.4 Å². The van der Waals surface area contributed by atoms with E-state index in [0.717, 1.165) is 11.3 Å². The summed E-state index contributed by atoms with van der Waals surface area (Å²) in [6, 6.07) is 13.2. The number of carbonyl (C=O) groups excluding carboxylic acids is 2. The topological polar surface area (TPSA) is 83.6 Å². The molecule has 0 aliphatic carbocycles. The fourth-order valence-electron chi connectivity index (χ4n) is 3.18. The third kappa shape index (κ3) is 5.29. The molecule has 28 heavy (non-hydrogen) atoms. The van der Waals surface area contributed by atoms with E-state index in [9.17, 15) is 9.59 Å². The molecular formula is C21H26N4O3. The lowest BCUT2D eigenvalue weighted by Crippen LogP contribution is -2.32. The summed E-state index contributed by atoms with van der Waals surface area (Å²) in [5.74, 6) is 0.638. The highest BCUT2D eigenvalue weighted by atomic mass is 16.5. The summed E-state index contributed by atoms with van der Waals surface area (Å²) in [5.41, 5.74) is 1.89. The molecular weight excluding hydrogens is 356 g/mol. The van der Waals surface area contributed by atoms with E-state index in [1.54, 1.807) is 23.2 Å². The van der Waals surface area contributed by atoms with Crippen LogP contribution in [0, 0.1) is 0 Å². The van der Waals surface area contributed by atoms with E-state index in [0.29, 0.717) is 31.9 Å². The van der Waals surface area contributed by atoms with Crippen LogP contribution < -0.4 is 15.5 Å². The Bertz CT molecular complexity index is 810. The van der Waals surface area contributed by atoms with Gasteiger partial charge >= 0.3 is 6.03 Å². The minimum Gasteiger partial charge on any atom is -0.377 e. The number of amides is 3. The minimum atomic E-state index is -0.355. The summed E-state index contributed by atoms with van der Waals surface area (Å²) >= 11 is 0. The highest BCUT2D eigenvalue weighted by Gasteiger charge is 2.31. The number of anilines is 2. The Hall–Kier alpha value is -2.93. The van der Waals surface area contributed by atoms with Crippen molar-refractivity contribution in [2.45, 2.75) is 32.3 Å². The van der Waals surface area contributed by atoms with Crippen LogP contribution in [0.4, 0.5) is 16.3 Å². The molecule has 2 N–H and O–H groups in total. The molecule has 1 aliphatic rings. The number of rotatable bonds is 7. The number of pyridine rings is 1. The molecule has 0 spiro atoms. The van der Waals surface area contributed by atoms with Crippen molar-refractivity contribution in [1.29, 1.82) is 0 Å². The van der Waals surface area contributed by atoms with Crippen molar-refractivity contribution in [3.8, 4) is 0 Å². The van der Waals surface area contributed by atoms with Crippen LogP contribution in [-0.2, 0) is 9.53 Å². The monoisotopic (exact) mass is 382 g/mol. The standard InChI is InChI=1S/C21H26N4O3/c1-15(2)28-11-10-23-21(27)24-19-13-18(8-9-22-19)25-14-17(12-20(25)26)16-6-4-3-5-7-16/h3-9,13,15,17H,10-12,14H2,1-2H3,(H2,22,23,24,27). The molecule has 2 heterocycles. The van der Waals surface area contributed by atoms with Crippen LogP contribution in [0.1, 0.15) is 31.7 Å². The van der Waals surface area contributed by atoms with Crippen molar-refractivity contribution in [2.24, 2.45) is 0 Å². The molecule has 148 valence electrons. The third-order valence-electron chi connectivity index (χ3n) is 4.53. The van der Waals surface area contributed by atoms with E-state index in [1.807, 2.05) is 44.2 Å². The predicted octanol–water partition coefficient (Wildman–Crippen LogP) is 3.15. The molecule has 3 rings (SSSR count). The summed E-state index contributed by atoms with van der Waals surface area (Å²) in [5, 5.41) is 5.41. The zero-order valence-electron chi connectivity index (χ0n) is 16.2. The summed E-state index contributed by atoms with van der Waals surface area (Å²) in [4.78, 5) is 30.4. The van der Waals surface area contributed by atoms with Gasteiger partial charge in [-0.05, 0) is 25.5 Å². The Morgan fingerprint density at radius 2 is 2.07 bits per heavy atom. The first-order chi connectivity index (χ1) is 13.5. The van der Waals surface area contributed by atoms with Crippen LogP contribution in [0.2, 0.25) is 0 Å². The van der Waals surface area contributed by atoms with Crippen LogP contribution in [0.25, 0.3) is 0 Å². The van der Waals surface area contributed by atoms with Crippen LogP contribution >= 0.6 is 0 Å². The summed E-state index contributed by atoms with van der Waals surface area (Å²) in [6.07, 6.45) is 2.20. The van der Waals surface area contributed by atoms with Gasteiger partial charge in [0, 0.05) is 43.4 Å². The Kier molecular flexibility index (Phi) is 6.60. The normalized spacial score (nSPS) is 16.5. The lowest BCUT2D eigenvalue weighted by molar-refractivity contribution is -0.117. The van der Waals surface area contributed by atoms with Crippen molar-refractivity contribution < 1.29 is 14.3 Å². The number of nitrogens with zero attached hydrogens (tertiary/aromatic N) is 2. The number of aromatic nitrogens is 1. The van der Waals surface area contributed by atoms with Crippen LogP contribution in [-0.4, -0.2) is 42.7 Å². The quantitative estimate of drug-likeness (QED) is 0.721. The largest absolute Gasteiger partial charge is 0.377 e. The SMILES string of the molecule is CC(C)OCCNC(=O)Nc1cc(N2CC(c3ccccc3)CC2=O)ccn1. The molecule has 7 heteroatoms. The zero-order valence-corrected chi connectivity index (χ0v) is 16.2. The van der Waals surface area contributed by atoms with Gasteiger partial charge in [-0.1, -0.05) is 30.3 Å². The second kappa shape index (κ2) is 9.32. The summed E-state index contributed by atoms with van der Waals surface area (Å²) in [6.45, 7) is 5.36. The van der Waals surface area contributed by atoms with E-state index in [4.69, 9.17) is 4.74 Å². The number of hydrogen-bond acceptors (Lipinski definition) is 4. The molecule has 1 unspecified atom stereocenters. The summed E-state index contributed by atoms with van der Waals surface area (Å²) in [7, 11) is 0. The van der Waals surface area contributed by atoms with E-state index in [-0.39, 0.29) is 24.0 Å². The van der Waals surface area contributed by atoms with Gasteiger partial charge in [-0.15, -0.1) is 0 Å². The maximum atomic E-state index is 12.5. The van der Waals surface area contributed by atoms with Gasteiger partial charge < -0.3 is 15.0 Å². The van der Waals surface area contributed by atoms with Crippen molar-refractivity contribution in [1.82, 2.24) is 10.3 Å². The second-order valence-corrected chi connectivity index (χ2v) is 7.02. The number of ether oxygens (including phenoxy) is 1. The van der Waals surface area contributed by atoms with Crippen LogP contribution in [0.5, 0.6) is 0 Å². The number of urea groups is 1. The number of carbonyl (C=O) groups is 2. The van der Waals surface area contributed by atoms with E-state index in [2.05, 4.69) is 15.6 Å². The van der Waals surface area contributed by atoms with Gasteiger partial charge in [0.2, 0.25) is 5.91 Å². The maximum absolute atomic E-state index is 12.5. The first-order valence-corrected chi connectivity index (χ1v) is 9.50. The fourth-order valence-corrected chi connectivity index (χ4v) is 3.18. The third-order valence-corrected chi connectivity index (χ3v) is 4.53. The Morgan fingerprint density at radius 1 is 1.29 bits per heavy atom. The molecule has 1 aliphatic heterocycles. The number of benzene rings is 1. The molecule has 1 saturated heterocycles.